The van der Waals surface area contributed by atoms with E-state index < -0.39 is 16.7 Å². The fraction of sp³-hybridized carbons (Fsp3) is 0.300. The molecule has 0 heterocycles. The second-order valence-electron chi connectivity index (χ2n) is 3.08. The van der Waals surface area contributed by atoms with Crippen molar-refractivity contribution in [1.29, 1.82) is 0 Å². The Morgan fingerprint density at radius 2 is 2.00 bits per heavy atom. The van der Waals surface area contributed by atoms with Crippen LogP contribution in [0, 0.1) is 10.1 Å². The van der Waals surface area contributed by atoms with Crippen LogP contribution >= 0.6 is 11.6 Å². The summed E-state index contributed by atoms with van der Waals surface area (Å²) in [6.07, 6.45) is 0.189. The molecule has 80 valence electrons. The average molecular weight is 228 g/mol. The van der Waals surface area contributed by atoms with E-state index in [1.165, 1.54) is 12.1 Å². The molecule has 0 saturated heterocycles. The van der Waals surface area contributed by atoms with E-state index in [1.54, 1.807) is 19.1 Å². The Kier molecular flexibility index (Phi) is 3.80. The number of rotatable bonds is 4. The number of nitro groups is 1. The van der Waals surface area contributed by atoms with Gasteiger partial charge in [0.05, 0.1) is 0 Å². The topological polar surface area (TPSA) is 60.2 Å². The predicted molar refractivity (Wildman–Crippen MR) is 56.9 cm³/mol. The maximum Gasteiger partial charge on any atom is 0.274 e. The third-order valence-corrected chi connectivity index (χ3v) is 2.32. The minimum atomic E-state index is -1.16. The van der Waals surface area contributed by atoms with Gasteiger partial charge >= 0.3 is 0 Å². The third kappa shape index (κ3) is 2.76. The highest BCUT2D eigenvalue weighted by Crippen LogP contribution is 2.13. The first kappa shape index (κ1) is 11.7. The molecule has 0 aliphatic heterocycles. The highest BCUT2D eigenvalue weighted by Gasteiger charge is 2.28. The molecular formula is C10H10ClNO3. The van der Waals surface area contributed by atoms with Gasteiger partial charge in [-0.1, -0.05) is 18.5 Å². The van der Waals surface area contributed by atoms with Crippen molar-refractivity contribution in [3.8, 4) is 0 Å². The number of benzene rings is 1. The van der Waals surface area contributed by atoms with E-state index in [-0.39, 0.29) is 6.42 Å². The normalized spacial score (nSPS) is 12.1. The van der Waals surface area contributed by atoms with Crippen molar-refractivity contribution in [3.05, 3.63) is 45.0 Å². The van der Waals surface area contributed by atoms with Crippen molar-refractivity contribution in [2.45, 2.75) is 19.4 Å². The molecule has 0 aromatic heterocycles. The molecule has 0 fully saturated rings. The lowest BCUT2D eigenvalue weighted by molar-refractivity contribution is -0.505. The van der Waals surface area contributed by atoms with Gasteiger partial charge in [-0.05, 0) is 24.3 Å². The van der Waals surface area contributed by atoms with E-state index in [2.05, 4.69) is 0 Å². The van der Waals surface area contributed by atoms with Crippen LogP contribution in [0.2, 0.25) is 5.02 Å². The molecule has 0 radical (unpaired) electrons. The highest BCUT2D eigenvalue weighted by atomic mass is 35.5. The number of ketones is 1. The van der Waals surface area contributed by atoms with Gasteiger partial charge in [0.15, 0.2) is 0 Å². The van der Waals surface area contributed by atoms with Gasteiger partial charge in [0.25, 0.3) is 6.04 Å². The lowest BCUT2D eigenvalue weighted by Crippen LogP contribution is -2.28. The molecule has 1 atom stereocenters. The van der Waals surface area contributed by atoms with Crippen molar-refractivity contribution in [3.63, 3.8) is 0 Å². The average Bonchev–Trinajstić information content (AvgIpc) is 2.19. The molecule has 0 aliphatic rings. The summed E-state index contributed by atoms with van der Waals surface area (Å²) in [5, 5.41) is 11.1. The van der Waals surface area contributed by atoms with E-state index in [4.69, 9.17) is 11.6 Å². The molecule has 0 bridgehead atoms. The largest absolute Gasteiger partial charge is 0.286 e. The van der Waals surface area contributed by atoms with Crippen molar-refractivity contribution < 1.29 is 9.72 Å². The van der Waals surface area contributed by atoms with E-state index in [0.717, 1.165) is 0 Å². The van der Waals surface area contributed by atoms with E-state index in [1.807, 2.05) is 0 Å². The first-order valence-electron chi connectivity index (χ1n) is 4.49. The van der Waals surface area contributed by atoms with Crippen LogP contribution < -0.4 is 0 Å². The maximum atomic E-state index is 11.6. The minimum Gasteiger partial charge on any atom is -0.286 e. The van der Waals surface area contributed by atoms with Gasteiger partial charge in [0, 0.05) is 21.9 Å². The summed E-state index contributed by atoms with van der Waals surface area (Å²) in [7, 11) is 0. The summed E-state index contributed by atoms with van der Waals surface area (Å²) in [5.74, 6) is -0.473. The molecule has 0 saturated carbocycles. The molecule has 1 rings (SSSR count). The van der Waals surface area contributed by atoms with Gasteiger partial charge in [0.1, 0.15) is 0 Å². The van der Waals surface area contributed by atoms with Gasteiger partial charge in [-0.25, -0.2) is 0 Å². The van der Waals surface area contributed by atoms with Crippen LogP contribution in [0.5, 0.6) is 0 Å². The number of hydrogen-bond donors (Lipinski definition) is 0. The zero-order chi connectivity index (χ0) is 11.4. The first-order valence-corrected chi connectivity index (χ1v) is 4.87. The second-order valence-corrected chi connectivity index (χ2v) is 3.52. The number of nitrogens with zero attached hydrogens (tertiary/aromatic N) is 1. The minimum absolute atomic E-state index is 0.189. The summed E-state index contributed by atoms with van der Waals surface area (Å²) in [4.78, 5) is 21.7. The summed E-state index contributed by atoms with van der Waals surface area (Å²) >= 11 is 5.65. The quantitative estimate of drug-likeness (QED) is 0.451. The molecule has 0 amide bonds. The molecule has 1 aromatic carbocycles. The van der Waals surface area contributed by atoms with Crippen molar-refractivity contribution in [2.75, 3.05) is 0 Å². The summed E-state index contributed by atoms with van der Waals surface area (Å²) in [6, 6.07) is 4.92. The van der Waals surface area contributed by atoms with Gasteiger partial charge in [-0.15, -0.1) is 0 Å². The van der Waals surface area contributed by atoms with Crippen LogP contribution in [0.15, 0.2) is 24.3 Å². The van der Waals surface area contributed by atoms with Crippen LogP contribution in [0.25, 0.3) is 0 Å². The monoisotopic (exact) mass is 227 g/mol. The fourth-order valence-corrected chi connectivity index (χ4v) is 1.36. The van der Waals surface area contributed by atoms with E-state index in [9.17, 15) is 14.9 Å². The summed E-state index contributed by atoms with van der Waals surface area (Å²) in [6.45, 7) is 1.61. The zero-order valence-electron chi connectivity index (χ0n) is 8.14. The van der Waals surface area contributed by atoms with Gasteiger partial charge < -0.3 is 0 Å². The number of carbonyl (C=O) groups is 1. The fourth-order valence-electron chi connectivity index (χ4n) is 1.24. The highest BCUT2D eigenvalue weighted by molar-refractivity contribution is 6.30. The Labute approximate surface area is 92.0 Å². The second kappa shape index (κ2) is 4.89. The standard InChI is InChI=1S/C10H10ClNO3/c1-2-9(12(14)15)10(13)7-3-5-8(11)6-4-7/h3-6,9H,2H2,1H3. The van der Waals surface area contributed by atoms with Gasteiger partial charge in [0.2, 0.25) is 5.78 Å². The Bertz CT molecular complexity index is 375. The lowest BCUT2D eigenvalue weighted by atomic mass is 10.0. The number of carbonyl (C=O) groups excluding carboxylic acids is 1. The first-order chi connectivity index (χ1) is 7.06. The third-order valence-electron chi connectivity index (χ3n) is 2.07. The number of hydrogen-bond acceptors (Lipinski definition) is 3. The van der Waals surface area contributed by atoms with Crippen LogP contribution in [0.4, 0.5) is 0 Å². The molecule has 0 aliphatic carbocycles. The van der Waals surface area contributed by atoms with Gasteiger partial charge in [-0.2, -0.15) is 0 Å². The Morgan fingerprint density at radius 3 is 2.40 bits per heavy atom. The Morgan fingerprint density at radius 1 is 1.47 bits per heavy atom. The zero-order valence-corrected chi connectivity index (χ0v) is 8.90. The molecule has 15 heavy (non-hydrogen) atoms. The predicted octanol–water partition coefficient (Wildman–Crippen LogP) is 2.58. The van der Waals surface area contributed by atoms with Gasteiger partial charge in [-0.3, -0.25) is 14.9 Å². The Hall–Kier alpha value is -1.42. The summed E-state index contributed by atoms with van der Waals surface area (Å²) < 4.78 is 0. The molecule has 1 unspecified atom stereocenters. The maximum absolute atomic E-state index is 11.6. The molecule has 4 nitrogen and oxygen atoms in total. The number of Topliss-reactive ketones (excluding diaryl/α,β-unsaturated/α-hetero) is 1. The van der Waals surface area contributed by atoms with Crippen LogP contribution in [-0.4, -0.2) is 16.7 Å². The van der Waals surface area contributed by atoms with Crippen molar-refractivity contribution in [2.24, 2.45) is 0 Å². The van der Waals surface area contributed by atoms with Crippen LogP contribution in [0.3, 0.4) is 0 Å². The molecule has 0 N–H and O–H groups in total. The van der Waals surface area contributed by atoms with E-state index >= 15 is 0 Å². The van der Waals surface area contributed by atoms with Crippen molar-refractivity contribution in [1.82, 2.24) is 0 Å². The van der Waals surface area contributed by atoms with Crippen LogP contribution in [0.1, 0.15) is 23.7 Å². The molecule has 0 spiro atoms. The lowest BCUT2D eigenvalue weighted by Gasteiger charge is -2.05. The smallest absolute Gasteiger partial charge is 0.274 e. The molecule has 1 aromatic rings. The molecular weight excluding hydrogens is 218 g/mol. The Balaban J connectivity index is 2.93. The summed E-state index contributed by atoms with van der Waals surface area (Å²) in [5.41, 5.74) is 0.322. The van der Waals surface area contributed by atoms with E-state index in [0.29, 0.717) is 10.6 Å². The van der Waals surface area contributed by atoms with Crippen molar-refractivity contribution >= 4 is 17.4 Å². The number of halogens is 1. The SMILES string of the molecule is CCC(C(=O)c1ccc(Cl)cc1)[N+](=O)[O-]. The molecule has 5 heteroatoms. The van der Waals surface area contributed by atoms with Crippen LogP contribution in [-0.2, 0) is 0 Å².